The number of para-hydroxylation sites is 2. The van der Waals surface area contributed by atoms with Gasteiger partial charge in [-0.2, -0.15) is 0 Å². The summed E-state index contributed by atoms with van der Waals surface area (Å²) in [5.74, 6) is 0. The number of nitrogens with zero attached hydrogens (tertiary/aromatic N) is 1. The highest BCUT2D eigenvalue weighted by Crippen LogP contribution is 2.67. The van der Waals surface area contributed by atoms with Crippen LogP contribution in [-0.4, -0.2) is 4.57 Å². The predicted molar refractivity (Wildman–Crippen MR) is 321 cm³/mol. The lowest BCUT2D eigenvalue weighted by Crippen LogP contribution is -2.26. The van der Waals surface area contributed by atoms with Gasteiger partial charge < -0.3 is 4.57 Å². The number of aromatic nitrogens is 1. The largest absolute Gasteiger partial charge is 0.309 e. The van der Waals surface area contributed by atoms with E-state index in [1.165, 1.54) is 154 Å². The van der Waals surface area contributed by atoms with Gasteiger partial charge in [0.1, 0.15) is 0 Å². The minimum absolute atomic E-state index is 0.556. The van der Waals surface area contributed by atoms with Gasteiger partial charge in [-0.25, -0.2) is 0 Å². The molecule has 1 heterocycles. The van der Waals surface area contributed by atoms with E-state index in [0.717, 1.165) is 5.69 Å². The molecule has 0 N–H and O–H groups in total. The Morgan fingerprint density at radius 3 is 1.30 bits per heavy atom. The Hall–Kier alpha value is -9.82. The van der Waals surface area contributed by atoms with Gasteiger partial charge in [-0.15, -0.1) is 0 Å². The summed E-state index contributed by atoms with van der Waals surface area (Å²) in [7, 11) is 0. The molecule has 14 aromatic carbocycles. The van der Waals surface area contributed by atoms with Gasteiger partial charge in [0.05, 0.1) is 16.4 Å². The number of benzene rings is 14. The summed E-state index contributed by atoms with van der Waals surface area (Å²) in [5.41, 5.74) is 21.2. The van der Waals surface area contributed by atoms with Crippen LogP contribution in [0.4, 0.5) is 0 Å². The van der Waals surface area contributed by atoms with Gasteiger partial charge in [0, 0.05) is 16.5 Å². The summed E-state index contributed by atoms with van der Waals surface area (Å²) in [4.78, 5) is 0. The van der Waals surface area contributed by atoms with Gasteiger partial charge in [0.2, 0.25) is 0 Å². The Balaban J connectivity index is 0.922. The normalized spacial score (nSPS) is 13.1. The van der Waals surface area contributed by atoms with E-state index in [0.29, 0.717) is 0 Å². The second-order valence-corrected chi connectivity index (χ2v) is 20.9. The maximum absolute atomic E-state index is 2.60. The average molecular weight is 960 g/mol. The van der Waals surface area contributed by atoms with Gasteiger partial charge in [0.25, 0.3) is 0 Å². The van der Waals surface area contributed by atoms with Crippen molar-refractivity contribution >= 4 is 75.7 Å². The van der Waals surface area contributed by atoms with Crippen molar-refractivity contribution in [1.82, 2.24) is 4.57 Å². The molecule has 0 saturated carbocycles. The Kier molecular flexibility index (Phi) is 8.55. The first kappa shape index (κ1) is 41.6. The third-order valence-corrected chi connectivity index (χ3v) is 17.3. The second-order valence-electron chi connectivity index (χ2n) is 20.9. The van der Waals surface area contributed by atoms with Crippen molar-refractivity contribution < 1.29 is 0 Å². The van der Waals surface area contributed by atoms with Gasteiger partial charge in [-0.05, 0) is 174 Å². The fraction of sp³-hybridized carbons (Fsp3) is 0.0133. The zero-order valence-electron chi connectivity index (χ0n) is 41.4. The summed E-state index contributed by atoms with van der Waals surface area (Å²) in [6.07, 6.45) is 0. The molecule has 1 heteroatoms. The van der Waals surface area contributed by atoms with E-state index in [1.54, 1.807) is 0 Å². The van der Waals surface area contributed by atoms with E-state index in [9.17, 15) is 0 Å². The molecular formula is C75H45N. The van der Waals surface area contributed by atoms with Crippen molar-refractivity contribution in [3.63, 3.8) is 0 Å². The summed E-state index contributed by atoms with van der Waals surface area (Å²) < 4.78 is 2.40. The summed E-state index contributed by atoms with van der Waals surface area (Å²) in [5, 5.41) is 15.2. The van der Waals surface area contributed by atoms with Crippen LogP contribution in [0.3, 0.4) is 0 Å². The molecule has 0 aliphatic heterocycles. The van der Waals surface area contributed by atoms with Crippen LogP contribution in [-0.2, 0) is 5.41 Å². The lowest BCUT2D eigenvalue weighted by molar-refractivity contribution is 0.803. The maximum Gasteiger partial charge on any atom is 0.0732 e. The highest BCUT2D eigenvalue weighted by Gasteiger charge is 2.53. The minimum atomic E-state index is -0.556. The molecule has 17 rings (SSSR count). The van der Waals surface area contributed by atoms with Crippen LogP contribution in [0.15, 0.2) is 273 Å². The van der Waals surface area contributed by atoms with Crippen LogP contribution in [0, 0.1) is 0 Å². The van der Waals surface area contributed by atoms with Crippen LogP contribution in [0.5, 0.6) is 0 Å². The van der Waals surface area contributed by atoms with E-state index < -0.39 is 5.41 Å². The van der Waals surface area contributed by atoms with Crippen molar-refractivity contribution in [3.8, 4) is 61.3 Å². The molecule has 0 bridgehead atoms. The predicted octanol–water partition coefficient (Wildman–Crippen LogP) is 19.9. The van der Waals surface area contributed by atoms with E-state index >= 15 is 0 Å². The molecule has 0 atom stereocenters. The van der Waals surface area contributed by atoms with E-state index in [2.05, 4.69) is 278 Å². The Labute approximate surface area is 439 Å². The Bertz CT molecular complexity index is 4890. The third kappa shape index (κ3) is 5.43. The number of fused-ring (bicyclic) bond motifs is 22. The molecule has 0 saturated heterocycles. The molecule has 1 spiro atoms. The highest BCUT2D eigenvalue weighted by atomic mass is 15.0. The first-order chi connectivity index (χ1) is 37.8. The van der Waals surface area contributed by atoms with Crippen LogP contribution in [0.1, 0.15) is 22.3 Å². The summed E-state index contributed by atoms with van der Waals surface area (Å²) in [6, 6.07) is 103. The molecule has 350 valence electrons. The topological polar surface area (TPSA) is 4.93 Å². The second kappa shape index (κ2) is 15.6. The van der Waals surface area contributed by atoms with Crippen molar-refractivity contribution in [3.05, 3.63) is 295 Å². The van der Waals surface area contributed by atoms with Gasteiger partial charge >= 0.3 is 0 Å². The van der Waals surface area contributed by atoms with Gasteiger partial charge in [0.15, 0.2) is 0 Å². The third-order valence-electron chi connectivity index (χ3n) is 17.3. The van der Waals surface area contributed by atoms with Crippen LogP contribution >= 0.6 is 0 Å². The average Bonchev–Trinajstić information content (AvgIpc) is 4.03. The fourth-order valence-electron chi connectivity index (χ4n) is 14.5. The summed E-state index contributed by atoms with van der Waals surface area (Å²) >= 11 is 0. The molecule has 1 aromatic heterocycles. The number of hydrogen-bond donors (Lipinski definition) is 0. The van der Waals surface area contributed by atoms with Crippen LogP contribution in [0.2, 0.25) is 0 Å². The quantitative estimate of drug-likeness (QED) is 0.122. The van der Waals surface area contributed by atoms with Crippen LogP contribution < -0.4 is 0 Å². The van der Waals surface area contributed by atoms with Gasteiger partial charge in [-0.1, -0.05) is 231 Å². The zero-order valence-corrected chi connectivity index (χ0v) is 41.4. The SMILES string of the molecule is c1ccc(-n2c3ccccc3c3cc(-c4c5ccccc5c(-c5cccc(-c6cc7c(c8ccccc68)-c6c(c8ccccc8c8ccccc68)C76c7ccccc7-c7ccccc76)c5)c5ccccc45)ccc32)cc1. The lowest BCUT2D eigenvalue weighted by atomic mass is 9.68. The smallest absolute Gasteiger partial charge is 0.0732 e. The zero-order chi connectivity index (χ0) is 49.6. The molecule has 0 unspecified atom stereocenters. The Morgan fingerprint density at radius 1 is 0.224 bits per heavy atom. The molecule has 0 amide bonds. The van der Waals surface area contributed by atoms with Crippen molar-refractivity contribution in [1.29, 1.82) is 0 Å². The molecule has 2 aliphatic carbocycles. The van der Waals surface area contributed by atoms with Crippen molar-refractivity contribution in [2.24, 2.45) is 0 Å². The van der Waals surface area contributed by atoms with Crippen LogP contribution in [0.25, 0.3) is 137 Å². The highest BCUT2D eigenvalue weighted by molar-refractivity contribution is 6.25. The number of hydrogen-bond acceptors (Lipinski definition) is 0. The molecule has 0 radical (unpaired) electrons. The Morgan fingerprint density at radius 2 is 0.671 bits per heavy atom. The maximum atomic E-state index is 2.60. The molecule has 15 aromatic rings. The summed E-state index contributed by atoms with van der Waals surface area (Å²) in [6.45, 7) is 0. The first-order valence-electron chi connectivity index (χ1n) is 26.6. The standard InChI is InChI=1S/C75H45N/c1-2-23-49(24-3-1)76-68-40-19-16-30-55(68)64-44-48(41-42-69(64)76)71-60-35-11-9-33-58(60)70(59-34-10-12-36-61(59)71)47-22-20-21-46(43-47)63-45-67-72(56-31-7-5-27-52(56)63)73-57-32-8-4-25-50(57)51-26-6-13-37-62(51)74(73)75(67)65-38-17-14-28-53(65)54-29-15-18-39-66(54)75/h1-45H. The molecule has 76 heavy (non-hydrogen) atoms. The molecule has 2 aliphatic rings. The minimum Gasteiger partial charge on any atom is -0.309 e. The van der Waals surface area contributed by atoms with Crippen molar-refractivity contribution in [2.45, 2.75) is 5.41 Å². The lowest BCUT2D eigenvalue weighted by Gasteiger charge is -2.32. The van der Waals surface area contributed by atoms with E-state index in [1.807, 2.05) is 0 Å². The fourth-order valence-corrected chi connectivity index (χ4v) is 14.5. The van der Waals surface area contributed by atoms with E-state index in [-0.39, 0.29) is 0 Å². The monoisotopic (exact) mass is 959 g/mol. The molecular weight excluding hydrogens is 915 g/mol. The first-order valence-corrected chi connectivity index (χ1v) is 26.6. The molecule has 1 nitrogen and oxygen atoms in total. The number of rotatable bonds is 4. The van der Waals surface area contributed by atoms with Crippen molar-refractivity contribution in [2.75, 3.05) is 0 Å². The molecule has 0 fully saturated rings. The van der Waals surface area contributed by atoms with E-state index in [4.69, 9.17) is 0 Å². The van der Waals surface area contributed by atoms with Gasteiger partial charge in [-0.3, -0.25) is 0 Å².